The highest BCUT2D eigenvalue weighted by atomic mass is 16.5. The Labute approximate surface area is 185 Å². The summed E-state index contributed by atoms with van der Waals surface area (Å²) in [4.78, 5) is 31.6. The Kier molecular flexibility index (Phi) is 7.81. The largest absolute Gasteiger partial charge is 0.491 e. The van der Waals surface area contributed by atoms with Gasteiger partial charge in [-0.1, -0.05) is 12.8 Å². The summed E-state index contributed by atoms with van der Waals surface area (Å²) in [5, 5.41) is 0. The number of carbonyl (C=O) groups excluding carboxylic acids is 2. The molecule has 0 aliphatic carbocycles. The van der Waals surface area contributed by atoms with Crippen LogP contribution in [0.5, 0.6) is 5.75 Å². The van der Waals surface area contributed by atoms with Crippen molar-refractivity contribution in [3.05, 3.63) is 29.8 Å². The highest BCUT2D eigenvalue weighted by molar-refractivity contribution is 5.94. The molecule has 1 unspecified atom stereocenters. The third-order valence-electron chi connectivity index (χ3n) is 6.60. The molecule has 0 spiro atoms. The van der Waals surface area contributed by atoms with Crippen molar-refractivity contribution >= 4 is 11.8 Å². The first-order valence-electron chi connectivity index (χ1n) is 11.8. The van der Waals surface area contributed by atoms with Crippen LogP contribution >= 0.6 is 0 Å². The van der Waals surface area contributed by atoms with E-state index in [1.54, 1.807) is 0 Å². The quantitative estimate of drug-likeness (QED) is 0.695. The number of carbonyl (C=O) groups is 2. The minimum atomic E-state index is 0.0379. The fourth-order valence-electron chi connectivity index (χ4n) is 4.75. The normalized spacial score (nSPS) is 22.9. The van der Waals surface area contributed by atoms with Crippen LogP contribution in [0.1, 0.15) is 48.9 Å². The Balaban J connectivity index is 1.26. The van der Waals surface area contributed by atoms with E-state index in [2.05, 4.69) is 4.90 Å². The first kappa shape index (κ1) is 22.1. The maximum Gasteiger partial charge on any atom is 0.254 e. The molecule has 3 heterocycles. The van der Waals surface area contributed by atoms with Crippen LogP contribution in [0.2, 0.25) is 0 Å². The van der Waals surface area contributed by atoms with Gasteiger partial charge in [0.15, 0.2) is 0 Å². The minimum absolute atomic E-state index is 0.0379. The number of amides is 2. The highest BCUT2D eigenvalue weighted by Crippen LogP contribution is 2.21. The third-order valence-corrected chi connectivity index (χ3v) is 6.60. The summed E-state index contributed by atoms with van der Waals surface area (Å²) in [5.74, 6) is 1.01. The maximum absolute atomic E-state index is 12.9. The highest BCUT2D eigenvalue weighted by Gasteiger charge is 2.30. The monoisotopic (exact) mass is 429 g/mol. The second kappa shape index (κ2) is 11.0. The van der Waals surface area contributed by atoms with E-state index in [0.717, 1.165) is 38.2 Å². The Morgan fingerprint density at radius 3 is 2.32 bits per heavy atom. The van der Waals surface area contributed by atoms with Crippen molar-refractivity contribution in [3.8, 4) is 5.75 Å². The summed E-state index contributed by atoms with van der Waals surface area (Å²) < 4.78 is 11.3. The Morgan fingerprint density at radius 1 is 0.903 bits per heavy atom. The Bertz CT molecular complexity index is 725. The summed E-state index contributed by atoms with van der Waals surface area (Å²) in [6.45, 7) is 6.42. The number of morpholine rings is 1. The summed E-state index contributed by atoms with van der Waals surface area (Å²) in [7, 11) is 0. The van der Waals surface area contributed by atoms with Crippen molar-refractivity contribution in [2.75, 3.05) is 59.1 Å². The first-order chi connectivity index (χ1) is 15.2. The molecule has 7 heteroatoms. The molecule has 2 amide bonds. The smallest absolute Gasteiger partial charge is 0.254 e. The summed E-state index contributed by atoms with van der Waals surface area (Å²) >= 11 is 0. The lowest BCUT2D eigenvalue weighted by Gasteiger charge is -2.28. The first-order valence-corrected chi connectivity index (χ1v) is 11.8. The van der Waals surface area contributed by atoms with Crippen LogP contribution in [0.4, 0.5) is 0 Å². The van der Waals surface area contributed by atoms with E-state index in [4.69, 9.17) is 9.47 Å². The van der Waals surface area contributed by atoms with Gasteiger partial charge in [-0.15, -0.1) is 0 Å². The molecule has 4 rings (SSSR count). The molecule has 0 radical (unpaired) electrons. The van der Waals surface area contributed by atoms with E-state index in [1.165, 1.54) is 25.7 Å². The average Bonchev–Trinajstić information content (AvgIpc) is 3.14. The molecule has 3 saturated heterocycles. The Hall–Kier alpha value is -2.12. The maximum atomic E-state index is 12.9. The van der Waals surface area contributed by atoms with Gasteiger partial charge in [-0.25, -0.2) is 0 Å². The van der Waals surface area contributed by atoms with Crippen LogP contribution in [-0.4, -0.2) is 91.6 Å². The van der Waals surface area contributed by atoms with Gasteiger partial charge in [0.1, 0.15) is 12.4 Å². The van der Waals surface area contributed by atoms with Crippen LogP contribution in [0.25, 0.3) is 0 Å². The van der Waals surface area contributed by atoms with E-state index in [0.29, 0.717) is 45.0 Å². The molecule has 31 heavy (non-hydrogen) atoms. The molecular weight excluding hydrogens is 394 g/mol. The molecule has 1 aromatic carbocycles. The fraction of sp³-hybridized carbons (Fsp3) is 0.667. The van der Waals surface area contributed by atoms with Crippen molar-refractivity contribution in [1.29, 1.82) is 0 Å². The van der Waals surface area contributed by atoms with Gasteiger partial charge in [-0.05, 0) is 63.0 Å². The van der Waals surface area contributed by atoms with Gasteiger partial charge in [0, 0.05) is 25.2 Å². The predicted octanol–water partition coefficient (Wildman–Crippen LogP) is 2.40. The molecule has 0 bridgehead atoms. The molecule has 0 saturated carbocycles. The van der Waals surface area contributed by atoms with Crippen LogP contribution in [-0.2, 0) is 9.53 Å². The van der Waals surface area contributed by atoms with Gasteiger partial charge in [-0.3, -0.25) is 14.5 Å². The van der Waals surface area contributed by atoms with Crippen molar-refractivity contribution in [1.82, 2.24) is 14.7 Å². The molecule has 1 aromatic rings. The van der Waals surface area contributed by atoms with E-state index in [-0.39, 0.29) is 17.9 Å². The van der Waals surface area contributed by atoms with Crippen molar-refractivity contribution in [2.24, 2.45) is 0 Å². The van der Waals surface area contributed by atoms with E-state index in [9.17, 15) is 9.59 Å². The molecule has 0 aromatic heterocycles. The zero-order chi connectivity index (χ0) is 21.5. The molecule has 1 atom stereocenters. The number of ether oxygens (including phenoxy) is 2. The van der Waals surface area contributed by atoms with Gasteiger partial charge in [0.2, 0.25) is 5.91 Å². The van der Waals surface area contributed by atoms with E-state index >= 15 is 0 Å². The number of benzene rings is 1. The van der Waals surface area contributed by atoms with Gasteiger partial charge in [0.05, 0.1) is 25.8 Å². The van der Waals surface area contributed by atoms with Crippen LogP contribution < -0.4 is 4.74 Å². The Morgan fingerprint density at radius 2 is 1.61 bits per heavy atom. The average molecular weight is 430 g/mol. The molecule has 0 N–H and O–H groups in total. The van der Waals surface area contributed by atoms with Crippen LogP contribution in [0.15, 0.2) is 24.3 Å². The molecule has 170 valence electrons. The van der Waals surface area contributed by atoms with Crippen LogP contribution in [0.3, 0.4) is 0 Å². The van der Waals surface area contributed by atoms with Gasteiger partial charge >= 0.3 is 0 Å². The summed E-state index contributed by atoms with van der Waals surface area (Å²) in [5.41, 5.74) is 0.671. The zero-order valence-electron chi connectivity index (χ0n) is 18.5. The van der Waals surface area contributed by atoms with Crippen LogP contribution in [0, 0.1) is 0 Å². The topological polar surface area (TPSA) is 62.3 Å². The second-order valence-electron chi connectivity index (χ2n) is 8.81. The number of hydrogen-bond acceptors (Lipinski definition) is 5. The number of hydrogen-bond donors (Lipinski definition) is 0. The second-order valence-corrected chi connectivity index (χ2v) is 8.81. The lowest BCUT2D eigenvalue weighted by Crippen LogP contribution is -2.44. The van der Waals surface area contributed by atoms with Gasteiger partial charge in [-0.2, -0.15) is 0 Å². The lowest BCUT2D eigenvalue weighted by atomic mass is 10.2. The molecule has 3 aliphatic heterocycles. The van der Waals surface area contributed by atoms with E-state index < -0.39 is 0 Å². The molecule has 3 fully saturated rings. The van der Waals surface area contributed by atoms with E-state index in [1.807, 2.05) is 34.1 Å². The zero-order valence-corrected chi connectivity index (χ0v) is 18.5. The molecule has 7 nitrogen and oxygen atoms in total. The third kappa shape index (κ3) is 5.98. The standard InChI is InChI=1S/C24H35N3O4/c28-23(18-25-11-3-1-2-4-12-25)27-13-5-6-21(27)19-31-22-9-7-20(8-10-22)24(29)26-14-16-30-17-15-26/h7-10,21H,1-6,11-19H2. The van der Waals surface area contributed by atoms with Crippen molar-refractivity contribution in [2.45, 2.75) is 44.6 Å². The molecular formula is C24H35N3O4. The SMILES string of the molecule is O=C(c1ccc(OCC2CCCN2C(=O)CN2CCCCCC2)cc1)N1CCOCC1. The van der Waals surface area contributed by atoms with Crippen molar-refractivity contribution in [3.63, 3.8) is 0 Å². The lowest BCUT2D eigenvalue weighted by molar-refractivity contribution is -0.133. The van der Waals surface area contributed by atoms with Gasteiger partial charge in [0.25, 0.3) is 5.91 Å². The van der Waals surface area contributed by atoms with Crippen molar-refractivity contribution < 1.29 is 19.1 Å². The molecule has 3 aliphatic rings. The number of likely N-dealkylation sites (tertiary alicyclic amines) is 2. The summed E-state index contributed by atoms with van der Waals surface area (Å²) in [6.07, 6.45) is 6.98. The number of nitrogens with zero attached hydrogens (tertiary/aromatic N) is 3. The summed E-state index contributed by atoms with van der Waals surface area (Å²) in [6, 6.07) is 7.49. The predicted molar refractivity (Wildman–Crippen MR) is 118 cm³/mol. The fourth-order valence-corrected chi connectivity index (χ4v) is 4.75. The number of rotatable bonds is 6. The van der Waals surface area contributed by atoms with Gasteiger partial charge < -0.3 is 19.3 Å². The minimum Gasteiger partial charge on any atom is -0.491 e.